The van der Waals surface area contributed by atoms with Crippen LogP contribution in [-0.2, 0) is 0 Å². The maximum Gasteiger partial charge on any atom is 0.258 e. The molecular weight excluding hydrogens is 316 g/mol. The monoisotopic (exact) mass is 324 g/mol. The molecule has 0 bridgehead atoms. The standard InChI is InChI=1S/C13H10BrClN2O/c1-8-2-5-12(16-7-8)17-13(18)10-6-9(14)3-4-11(10)15/h2-7H,1H3,(H,16,17,18). The van der Waals surface area contributed by atoms with E-state index in [2.05, 4.69) is 26.2 Å². The van der Waals surface area contributed by atoms with Gasteiger partial charge in [-0.3, -0.25) is 4.79 Å². The van der Waals surface area contributed by atoms with Gasteiger partial charge >= 0.3 is 0 Å². The third kappa shape index (κ3) is 3.09. The van der Waals surface area contributed by atoms with E-state index in [0.29, 0.717) is 16.4 Å². The largest absolute Gasteiger partial charge is 0.307 e. The lowest BCUT2D eigenvalue weighted by molar-refractivity contribution is 0.102. The second-order valence-electron chi connectivity index (χ2n) is 3.80. The summed E-state index contributed by atoms with van der Waals surface area (Å²) in [7, 11) is 0. The molecule has 2 aromatic rings. The van der Waals surface area contributed by atoms with Gasteiger partial charge in [-0.2, -0.15) is 0 Å². The molecule has 1 amide bonds. The first-order chi connectivity index (χ1) is 8.56. The minimum atomic E-state index is -0.280. The van der Waals surface area contributed by atoms with E-state index < -0.39 is 0 Å². The highest BCUT2D eigenvalue weighted by atomic mass is 79.9. The number of carbonyl (C=O) groups excluding carboxylic acids is 1. The van der Waals surface area contributed by atoms with Crippen LogP contribution in [0.25, 0.3) is 0 Å². The molecule has 18 heavy (non-hydrogen) atoms. The van der Waals surface area contributed by atoms with Crippen LogP contribution in [0, 0.1) is 6.92 Å². The summed E-state index contributed by atoms with van der Waals surface area (Å²) in [5, 5.41) is 3.10. The van der Waals surface area contributed by atoms with Crippen LogP contribution in [-0.4, -0.2) is 10.9 Å². The Labute approximate surface area is 118 Å². The van der Waals surface area contributed by atoms with Gasteiger partial charge in [0.2, 0.25) is 0 Å². The minimum Gasteiger partial charge on any atom is -0.307 e. The summed E-state index contributed by atoms with van der Waals surface area (Å²) in [5.74, 6) is 0.222. The molecule has 92 valence electrons. The average Bonchev–Trinajstić information content (AvgIpc) is 2.35. The fourth-order valence-corrected chi connectivity index (χ4v) is 1.96. The summed E-state index contributed by atoms with van der Waals surface area (Å²) in [6.07, 6.45) is 1.69. The summed E-state index contributed by atoms with van der Waals surface area (Å²) < 4.78 is 0.800. The maximum atomic E-state index is 12.0. The average molecular weight is 326 g/mol. The van der Waals surface area contributed by atoms with Crippen LogP contribution in [0.2, 0.25) is 5.02 Å². The van der Waals surface area contributed by atoms with Gasteiger partial charge in [0.1, 0.15) is 5.82 Å². The number of aromatic nitrogens is 1. The molecule has 1 aromatic carbocycles. The Bertz CT molecular complexity index is 584. The number of nitrogens with one attached hydrogen (secondary N) is 1. The molecule has 0 aliphatic heterocycles. The van der Waals surface area contributed by atoms with Gasteiger partial charge in [-0.05, 0) is 36.8 Å². The number of benzene rings is 1. The van der Waals surface area contributed by atoms with E-state index in [-0.39, 0.29) is 5.91 Å². The Morgan fingerprint density at radius 2 is 2.11 bits per heavy atom. The molecule has 5 heteroatoms. The summed E-state index contributed by atoms with van der Waals surface area (Å²) in [6, 6.07) is 8.75. The SMILES string of the molecule is Cc1ccc(NC(=O)c2cc(Br)ccc2Cl)nc1. The van der Waals surface area contributed by atoms with Crippen LogP contribution < -0.4 is 5.32 Å². The van der Waals surface area contributed by atoms with Crippen molar-refractivity contribution in [1.82, 2.24) is 4.98 Å². The zero-order valence-corrected chi connectivity index (χ0v) is 11.9. The molecule has 0 radical (unpaired) electrons. The molecule has 0 saturated carbocycles. The van der Waals surface area contributed by atoms with Crippen molar-refractivity contribution in [3.8, 4) is 0 Å². The topological polar surface area (TPSA) is 42.0 Å². The Morgan fingerprint density at radius 1 is 1.33 bits per heavy atom. The zero-order chi connectivity index (χ0) is 13.1. The first-order valence-corrected chi connectivity index (χ1v) is 6.42. The third-order valence-corrected chi connectivity index (χ3v) is 3.15. The van der Waals surface area contributed by atoms with Gasteiger partial charge in [-0.1, -0.05) is 33.6 Å². The number of amides is 1. The van der Waals surface area contributed by atoms with Crippen LogP contribution >= 0.6 is 27.5 Å². The van der Waals surface area contributed by atoms with Crippen molar-refractivity contribution >= 4 is 39.3 Å². The number of nitrogens with zero attached hydrogens (tertiary/aromatic N) is 1. The number of aryl methyl sites for hydroxylation is 1. The number of hydrogen-bond donors (Lipinski definition) is 1. The summed E-state index contributed by atoms with van der Waals surface area (Å²) >= 11 is 9.29. The quantitative estimate of drug-likeness (QED) is 0.905. The van der Waals surface area contributed by atoms with E-state index in [0.717, 1.165) is 10.0 Å². The summed E-state index contributed by atoms with van der Waals surface area (Å²) in [5.41, 5.74) is 1.45. The van der Waals surface area contributed by atoms with Gasteiger partial charge in [-0.15, -0.1) is 0 Å². The molecular formula is C13H10BrClN2O. The van der Waals surface area contributed by atoms with E-state index in [1.807, 2.05) is 13.0 Å². The minimum absolute atomic E-state index is 0.280. The zero-order valence-electron chi connectivity index (χ0n) is 9.58. The summed E-state index contributed by atoms with van der Waals surface area (Å²) in [4.78, 5) is 16.1. The number of pyridine rings is 1. The van der Waals surface area contributed by atoms with E-state index in [4.69, 9.17) is 11.6 Å². The predicted molar refractivity (Wildman–Crippen MR) is 76.1 cm³/mol. The first-order valence-electron chi connectivity index (χ1n) is 5.25. The Hall–Kier alpha value is -1.39. The first kappa shape index (κ1) is 13.1. The van der Waals surface area contributed by atoms with E-state index >= 15 is 0 Å². The molecule has 0 fully saturated rings. The van der Waals surface area contributed by atoms with Gasteiger partial charge in [0.05, 0.1) is 10.6 Å². The van der Waals surface area contributed by atoms with Crippen molar-refractivity contribution in [3.63, 3.8) is 0 Å². The normalized spacial score (nSPS) is 10.2. The highest BCUT2D eigenvalue weighted by Crippen LogP contribution is 2.21. The van der Waals surface area contributed by atoms with E-state index in [1.165, 1.54) is 0 Å². The molecule has 0 aliphatic rings. The van der Waals surface area contributed by atoms with E-state index in [1.54, 1.807) is 30.5 Å². The smallest absolute Gasteiger partial charge is 0.258 e. The molecule has 1 aromatic heterocycles. The second kappa shape index (κ2) is 5.50. The van der Waals surface area contributed by atoms with E-state index in [9.17, 15) is 4.79 Å². The van der Waals surface area contributed by atoms with Gasteiger partial charge in [0.15, 0.2) is 0 Å². The van der Waals surface area contributed by atoms with Crippen molar-refractivity contribution in [2.45, 2.75) is 6.92 Å². The lowest BCUT2D eigenvalue weighted by atomic mass is 10.2. The third-order valence-electron chi connectivity index (χ3n) is 2.33. The molecule has 0 saturated heterocycles. The van der Waals surface area contributed by atoms with Crippen LogP contribution in [0.4, 0.5) is 5.82 Å². The Kier molecular flexibility index (Phi) is 3.99. The highest BCUT2D eigenvalue weighted by molar-refractivity contribution is 9.10. The van der Waals surface area contributed by atoms with Gasteiger partial charge < -0.3 is 5.32 Å². The fourth-order valence-electron chi connectivity index (χ4n) is 1.40. The van der Waals surface area contributed by atoms with Crippen LogP contribution in [0.15, 0.2) is 41.0 Å². The molecule has 2 rings (SSSR count). The number of rotatable bonds is 2. The van der Waals surface area contributed by atoms with Crippen LogP contribution in [0.3, 0.4) is 0 Å². The van der Waals surface area contributed by atoms with Crippen LogP contribution in [0.1, 0.15) is 15.9 Å². The van der Waals surface area contributed by atoms with Gasteiger partial charge in [-0.25, -0.2) is 4.98 Å². The van der Waals surface area contributed by atoms with Crippen molar-refractivity contribution in [1.29, 1.82) is 0 Å². The molecule has 3 nitrogen and oxygen atoms in total. The van der Waals surface area contributed by atoms with Crippen molar-refractivity contribution in [2.75, 3.05) is 5.32 Å². The highest BCUT2D eigenvalue weighted by Gasteiger charge is 2.11. The van der Waals surface area contributed by atoms with Gasteiger partial charge in [0.25, 0.3) is 5.91 Å². The lowest BCUT2D eigenvalue weighted by Gasteiger charge is -2.06. The number of carbonyl (C=O) groups is 1. The lowest BCUT2D eigenvalue weighted by Crippen LogP contribution is -2.13. The predicted octanol–water partition coefficient (Wildman–Crippen LogP) is 4.06. The number of anilines is 1. The maximum absolute atomic E-state index is 12.0. The molecule has 0 aliphatic carbocycles. The van der Waals surface area contributed by atoms with Crippen molar-refractivity contribution in [2.24, 2.45) is 0 Å². The Balaban J connectivity index is 2.21. The summed E-state index contributed by atoms with van der Waals surface area (Å²) in [6.45, 7) is 1.93. The molecule has 0 atom stereocenters. The molecule has 0 unspecified atom stereocenters. The molecule has 1 N–H and O–H groups in total. The van der Waals surface area contributed by atoms with Crippen molar-refractivity contribution < 1.29 is 4.79 Å². The molecule has 1 heterocycles. The number of hydrogen-bond acceptors (Lipinski definition) is 2. The Morgan fingerprint density at radius 3 is 2.78 bits per heavy atom. The second-order valence-corrected chi connectivity index (χ2v) is 5.12. The van der Waals surface area contributed by atoms with Crippen molar-refractivity contribution in [3.05, 3.63) is 57.2 Å². The fraction of sp³-hybridized carbons (Fsp3) is 0.0769. The number of halogens is 2. The van der Waals surface area contributed by atoms with Crippen LogP contribution in [0.5, 0.6) is 0 Å². The van der Waals surface area contributed by atoms with Gasteiger partial charge in [0, 0.05) is 10.7 Å². The molecule has 0 spiro atoms.